The number of hydrogen-bond donors (Lipinski definition) is 0. The maximum atomic E-state index is 12.1. The van der Waals surface area contributed by atoms with Gasteiger partial charge in [-0.05, 0) is 48.8 Å². The zero-order valence-corrected chi connectivity index (χ0v) is 17.0. The second-order valence-electron chi connectivity index (χ2n) is 7.65. The fourth-order valence-electron chi connectivity index (χ4n) is 2.59. The first-order valence-electron chi connectivity index (χ1n) is 9.86. The van der Waals surface area contributed by atoms with Crippen molar-refractivity contribution >= 4 is 11.9 Å². The second kappa shape index (κ2) is 11.7. The summed E-state index contributed by atoms with van der Waals surface area (Å²) in [5, 5.41) is 0. The van der Waals surface area contributed by atoms with Crippen molar-refractivity contribution in [3.05, 3.63) is 23.8 Å². The Balaban J connectivity index is 2.70. The Morgan fingerprint density at radius 2 is 1.35 bits per heavy atom. The summed E-state index contributed by atoms with van der Waals surface area (Å²) in [4.78, 5) is 24.2. The highest BCUT2D eigenvalue weighted by Gasteiger charge is 2.15. The zero-order valence-electron chi connectivity index (χ0n) is 17.0. The SMILES string of the molecule is CCc1ccc(OC(=O)CCCC(C)C)c(OC(=O)CCCC(C)C)c1. The Hall–Kier alpha value is -1.84. The largest absolute Gasteiger partial charge is 0.423 e. The third kappa shape index (κ3) is 9.02. The van der Waals surface area contributed by atoms with E-state index in [0.717, 1.165) is 37.7 Å². The van der Waals surface area contributed by atoms with Crippen molar-refractivity contribution in [2.24, 2.45) is 11.8 Å². The number of hydrogen-bond acceptors (Lipinski definition) is 4. The van der Waals surface area contributed by atoms with Crippen LogP contribution in [0.5, 0.6) is 11.5 Å². The lowest BCUT2D eigenvalue weighted by molar-refractivity contribution is -0.137. The van der Waals surface area contributed by atoms with Crippen LogP contribution in [0, 0.1) is 11.8 Å². The van der Waals surface area contributed by atoms with Crippen LogP contribution in [0.15, 0.2) is 18.2 Å². The van der Waals surface area contributed by atoms with E-state index in [9.17, 15) is 9.59 Å². The molecule has 0 aliphatic carbocycles. The highest BCUT2D eigenvalue weighted by atomic mass is 16.6. The number of ether oxygens (including phenoxy) is 2. The number of carbonyl (C=O) groups is 2. The molecule has 146 valence electrons. The summed E-state index contributed by atoms with van der Waals surface area (Å²) < 4.78 is 11.0. The molecule has 1 aromatic carbocycles. The summed E-state index contributed by atoms with van der Waals surface area (Å²) >= 11 is 0. The van der Waals surface area contributed by atoms with Crippen molar-refractivity contribution in [2.45, 2.75) is 79.6 Å². The minimum absolute atomic E-state index is 0.281. The summed E-state index contributed by atoms with van der Waals surface area (Å²) in [6.45, 7) is 10.6. The van der Waals surface area contributed by atoms with Crippen LogP contribution in [0.2, 0.25) is 0 Å². The molecule has 1 rings (SSSR count). The molecule has 0 aromatic heterocycles. The van der Waals surface area contributed by atoms with E-state index in [1.807, 2.05) is 13.0 Å². The van der Waals surface area contributed by atoms with Gasteiger partial charge < -0.3 is 9.47 Å². The number of aryl methyl sites for hydroxylation is 1. The van der Waals surface area contributed by atoms with Gasteiger partial charge in [-0.2, -0.15) is 0 Å². The molecule has 0 saturated carbocycles. The molecule has 0 unspecified atom stereocenters. The van der Waals surface area contributed by atoms with Gasteiger partial charge in [0.15, 0.2) is 11.5 Å². The second-order valence-corrected chi connectivity index (χ2v) is 7.65. The van der Waals surface area contributed by atoms with E-state index in [2.05, 4.69) is 27.7 Å². The monoisotopic (exact) mass is 362 g/mol. The van der Waals surface area contributed by atoms with Gasteiger partial charge in [-0.15, -0.1) is 0 Å². The standard InChI is InChI=1S/C22H34O4/c1-6-18-13-14-19(25-21(23)11-7-9-16(2)3)20(15-18)26-22(24)12-8-10-17(4)5/h13-17H,6-12H2,1-5H3. The molecule has 0 heterocycles. The molecule has 0 bridgehead atoms. The lowest BCUT2D eigenvalue weighted by Gasteiger charge is -2.12. The average Bonchev–Trinajstić information content (AvgIpc) is 2.55. The van der Waals surface area contributed by atoms with Gasteiger partial charge in [0.2, 0.25) is 0 Å². The molecular formula is C22H34O4. The average molecular weight is 363 g/mol. The minimum Gasteiger partial charge on any atom is -0.423 e. The first-order valence-corrected chi connectivity index (χ1v) is 9.86. The van der Waals surface area contributed by atoms with E-state index < -0.39 is 0 Å². The Labute approximate surface area is 158 Å². The fraction of sp³-hybridized carbons (Fsp3) is 0.636. The molecule has 0 spiro atoms. The Morgan fingerprint density at radius 1 is 0.846 bits per heavy atom. The van der Waals surface area contributed by atoms with Crippen LogP contribution in [-0.2, 0) is 16.0 Å². The molecular weight excluding hydrogens is 328 g/mol. The molecule has 0 amide bonds. The van der Waals surface area contributed by atoms with Crippen LogP contribution in [0.1, 0.15) is 78.7 Å². The zero-order chi connectivity index (χ0) is 19.5. The first-order chi connectivity index (χ1) is 12.3. The minimum atomic E-state index is -0.285. The van der Waals surface area contributed by atoms with E-state index >= 15 is 0 Å². The predicted molar refractivity (Wildman–Crippen MR) is 104 cm³/mol. The summed E-state index contributed by atoms with van der Waals surface area (Å²) in [7, 11) is 0. The van der Waals surface area contributed by atoms with Gasteiger partial charge in [-0.25, -0.2) is 0 Å². The van der Waals surface area contributed by atoms with Crippen LogP contribution in [0.25, 0.3) is 0 Å². The molecule has 0 atom stereocenters. The topological polar surface area (TPSA) is 52.6 Å². The van der Waals surface area contributed by atoms with E-state index in [-0.39, 0.29) is 11.9 Å². The van der Waals surface area contributed by atoms with Crippen LogP contribution < -0.4 is 9.47 Å². The first kappa shape index (κ1) is 22.2. The van der Waals surface area contributed by atoms with E-state index in [1.165, 1.54) is 0 Å². The normalized spacial score (nSPS) is 11.0. The van der Waals surface area contributed by atoms with Gasteiger partial charge in [0.05, 0.1) is 0 Å². The van der Waals surface area contributed by atoms with Gasteiger partial charge in [-0.1, -0.05) is 53.5 Å². The third-order valence-electron chi connectivity index (χ3n) is 4.19. The van der Waals surface area contributed by atoms with Gasteiger partial charge in [0.1, 0.15) is 0 Å². The van der Waals surface area contributed by atoms with Gasteiger partial charge in [0, 0.05) is 12.8 Å². The molecule has 0 saturated heterocycles. The maximum Gasteiger partial charge on any atom is 0.311 e. The van der Waals surface area contributed by atoms with Crippen molar-refractivity contribution in [1.29, 1.82) is 0 Å². The van der Waals surface area contributed by atoms with Crippen molar-refractivity contribution in [2.75, 3.05) is 0 Å². The quantitative estimate of drug-likeness (QED) is 0.373. The molecule has 0 fully saturated rings. The summed E-state index contributed by atoms with van der Waals surface area (Å²) in [5.74, 6) is 1.23. The summed E-state index contributed by atoms with van der Waals surface area (Å²) in [6.07, 6.45) is 5.14. The molecule has 0 N–H and O–H groups in total. The van der Waals surface area contributed by atoms with Gasteiger partial charge in [-0.3, -0.25) is 9.59 Å². The maximum absolute atomic E-state index is 12.1. The lowest BCUT2D eigenvalue weighted by Crippen LogP contribution is -2.12. The van der Waals surface area contributed by atoms with E-state index in [4.69, 9.17) is 9.47 Å². The van der Waals surface area contributed by atoms with Crippen molar-refractivity contribution in [3.63, 3.8) is 0 Å². The predicted octanol–water partition coefficient (Wildman–Crippen LogP) is 5.71. The fourth-order valence-corrected chi connectivity index (χ4v) is 2.59. The van der Waals surface area contributed by atoms with Crippen molar-refractivity contribution in [1.82, 2.24) is 0 Å². The number of benzene rings is 1. The molecule has 0 aliphatic rings. The Kier molecular flexibility index (Phi) is 10.0. The van der Waals surface area contributed by atoms with Crippen LogP contribution in [-0.4, -0.2) is 11.9 Å². The number of esters is 2. The van der Waals surface area contributed by atoms with E-state index in [1.54, 1.807) is 12.1 Å². The van der Waals surface area contributed by atoms with Crippen molar-refractivity contribution < 1.29 is 19.1 Å². The van der Waals surface area contributed by atoms with E-state index in [0.29, 0.717) is 36.2 Å². The van der Waals surface area contributed by atoms with Gasteiger partial charge in [0.25, 0.3) is 0 Å². The molecule has 0 aliphatic heterocycles. The number of rotatable bonds is 11. The molecule has 26 heavy (non-hydrogen) atoms. The summed E-state index contributed by atoms with van der Waals surface area (Å²) in [5.41, 5.74) is 1.04. The van der Waals surface area contributed by atoms with Gasteiger partial charge >= 0.3 is 11.9 Å². The van der Waals surface area contributed by atoms with Crippen molar-refractivity contribution in [3.8, 4) is 11.5 Å². The van der Waals surface area contributed by atoms with Crippen LogP contribution >= 0.6 is 0 Å². The van der Waals surface area contributed by atoms with Crippen LogP contribution in [0.3, 0.4) is 0 Å². The highest BCUT2D eigenvalue weighted by molar-refractivity contribution is 5.76. The highest BCUT2D eigenvalue weighted by Crippen LogP contribution is 2.30. The Morgan fingerprint density at radius 3 is 1.81 bits per heavy atom. The Bertz CT molecular complexity index is 576. The third-order valence-corrected chi connectivity index (χ3v) is 4.19. The molecule has 1 aromatic rings. The molecule has 4 nitrogen and oxygen atoms in total. The van der Waals surface area contributed by atoms with Crippen LogP contribution in [0.4, 0.5) is 0 Å². The molecule has 4 heteroatoms. The molecule has 0 radical (unpaired) electrons. The summed E-state index contributed by atoms with van der Waals surface area (Å²) in [6, 6.07) is 5.40. The smallest absolute Gasteiger partial charge is 0.311 e. The number of carbonyl (C=O) groups excluding carboxylic acids is 2. The lowest BCUT2D eigenvalue weighted by atomic mass is 10.1.